The van der Waals surface area contributed by atoms with Crippen LogP contribution in [0.2, 0.25) is 5.02 Å². The van der Waals surface area contributed by atoms with Crippen LogP contribution in [0.1, 0.15) is 11.7 Å². The second kappa shape index (κ2) is 4.94. The van der Waals surface area contributed by atoms with Crippen molar-refractivity contribution in [3.05, 3.63) is 34.9 Å². The highest BCUT2D eigenvalue weighted by Gasteiger charge is 2.11. The number of aliphatic hydroxyl groups excluding tert-OH is 1. The van der Waals surface area contributed by atoms with Crippen LogP contribution < -0.4 is 0 Å². The topological polar surface area (TPSA) is 63.6 Å². The maximum absolute atomic E-state index is 10.7. The summed E-state index contributed by atoms with van der Waals surface area (Å²) >= 11 is 5.71. The first-order valence-electron chi connectivity index (χ1n) is 4.16. The minimum Gasteiger partial charge on any atom is -0.386 e. The highest BCUT2D eigenvalue weighted by atomic mass is 35.5. The standard InChI is InChI=1S/C9H11ClO4S/c1-15(12,13)14-6-9(11)7-3-2-4-8(10)5-7/h2-5,9,11H,6H2,1H3/t9-/m1/s1. The van der Waals surface area contributed by atoms with Gasteiger partial charge in [-0.25, -0.2) is 0 Å². The largest absolute Gasteiger partial charge is 0.386 e. The van der Waals surface area contributed by atoms with E-state index in [1.807, 2.05) is 0 Å². The summed E-state index contributed by atoms with van der Waals surface area (Å²) < 4.78 is 25.8. The molecule has 0 aromatic heterocycles. The third-order valence-corrected chi connectivity index (χ3v) is 2.47. The number of hydrogen-bond acceptors (Lipinski definition) is 4. The zero-order valence-corrected chi connectivity index (χ0v) is 9.62. The molecule has 84 valence electrons. The van der Waals surface area contributed by atoms with Crippen molar-refractivity contribution >= 4 is 21.7 Å². The van der Waals surface area contributed by atoms with Gasteiger partial charge in [0, 0.05) is 5.02 Å². The number of rotatable bonds is 4. The Morgan fingerprint density at radius 1 is 1.53 bits per heavy atom. The van der Waals surface area contributed by atoms with Gasteiger partial charge in [-0.05, 0) is 17.7 Å². The van der Waals surface area contributed by atoms with Crippen LogP contribution in [-0.4, -0.2) is 26.4 Å². The molecule has 15 heavy (non-hydrogen) atoms. The smallest absolute Gasteiger partial charge is 0.264 e. The molecule has 0 aliphatic carbocycles. The second-order valence-electron chi connectivity index (χ2n) is 3.06. The van der Waals surface area contributed by atoms with E-state index in [-0.39, 0.29) is 6.61 Å². The minimum absolute atomic E-state index is 0.306. The van der Waals surface area contributed by atoms with Gasteiger partial charge in [-0.1, -0.05) is 23.7 Å². The van der Waals surface area contributed by atoms with E-state index < -0.39 is 16.2 Å². The molecular weight excluding hydrogens is 240 g/mol. The normalized spacial score (nSPS) is 13.8. The summed E-state index contributed by atoms with van der Waals surface area (Å²) in [6.07, 6.45) is -0.0732. The fourth-order valence-electron chi connectivity index (χ4n) is 0.998. The molecule has 0 aliphatic heterocycles. The number of benzene rings is 1. The van der Waals surface area contributed by atoms with Crippen LogP contribution in [0.25, 0.3) is 0 Å². The molecule has 6 heteroatoms. The van der Waals surface area contributed by atoms with Gasteiger partial charge in [0.1, 0.15) is 6.10 Å². The van der Waals surface area contributed by atoms with Gasteiger partial charge in [0.25, 0.3) is 10.1 Å². The third kappa shape index (κ3) is 4.61. The Balaban J connectivity index is 2.65. The fourth-order valence-corrected chi connectivity index (χ4v) is 1.57. The molecule has 0 saturated heterocycles. The van der Waals surface area contributed by atoms with Gasteiger partial charge in [0.2, 0.25) is 0 Å². The Kier molecular flexibility index (Phi) is 4.10. The van der Waals surface area contributed by atoms with E-state index in [2.05, 4.69) is 4.18 Å². The summed E-state index contributed by atoms with van der Waals surface area (Å²) in [7, 11) is -3.53. The Morgan fingerprint density at radius 2 is 2.20 bits per heavy atom. The summed E-state index contributed by atoms with van der Waals surface area (Å²) in [4.78, 5) is 0. The lowest BCUT2D eigenvalue weighted by Gasteiger charge is -2.10. The van der Waals surface area contributed by atoms with Gasteiger partial charge < -0.3 is 5.11 Å². The maximum Gasteiger partial charge on any atom is 0.264 e. The Labute approximate surface area is 93.6 Å². The molecule has 0 amide bonds. The van der Waals surface area contributed by atoms with Crippen molar-refractivity contribution in [2.75, 3.05) is 12.9 Å². The van der Waals surface area contributed by atoms with E-state index in [1.165, 1.54) is 0 Å². The van der Waals surface area contributed by atoms with E-state index in [9.17, 15) is 13.5 Å². The van der Waals surface area contributed by atoms with Gasteiger partial charge in [0.15, 0.2) is 0 Å². The van der Waals surface area contributed by atoms with Crippen LogP contribution in [-0.2, 0) is 14.3 Å². The Hall–Kier alpha value is -0.620. The van der Waals surface area contributed by atoms with E-state index in [1.54, 1.807) is 24.3 Å². The highest BCUT2D eigenvalue weighted by molar-refractivity contribution is 7.85. The Morgan fingerprint density at radius 3 is 2.73 bits per heavy atom. The zero-order valence-electron chi connectivity index (χ0n) is 8.05. The quantitative estimate of drug-likeness (QED) is 0.820. The van der Waals surface area contributed by atoms with E-state index in [0.717, 1.165) is 6.26 Å². The predicted molar refractivity (Wildman–Crippen MR) is 57.2 cm³/mol. The molecule has 1 aromatic carbocycles. The molecule has 1 atom stereocenters. The molecule has 0 bridgehead atoms. The van der Waals surface area contributed by atoms with Crippen LogP contribution >= 0.6 is 11.6 Å². The average Bonchev–Trinajstić information content (AvgIpc) is 2.13. The van der Waals surface area contributed by atoms with Crippen molar-refractivity contribution in [3.8, 4) is 0 Å². The van der Waals surface area contributed by atoms with Crippen molar-refractivity contribution in [2.45, 2.75) is 6.10 Å². The maximum atomic E-state index is 10.7. The van der Waals surface area contributed by atoms with Gasteiger partial charge in [-0.3, -0.25) is 4.18 Å². The molecule has 4 nitrogen and oxygen atoms in total. The number of hydrogen-bond donors (Lipinski definition) is 1. The zero-order chi connectivity index (χ0) is 11.5. The predicted octanol–water partition coefficient (Wildman–Crippen LogP) is 1.35. The summed E-state index contributed by atoms with van der Waals surface area (Å²) in [6, 6.07) is 6.52. The minimum atomic E-state index is -3.53. The van der Waals surface area contributed by atoms with Crippen molar-refractivity contribution < 1.29 is 17.7 Å². The van der Waals surface area contributed by atoms with E-state index in [0.29, 0.717) is 10.6 Å². The first kappa shape index (κ1) is 12.4. The average molecular weight is 251 g/mol. The highest BCUT2D eigenvalue weighted by Crippen LogP contribution is 2.18. The van der Waals surface area contributed by atoms with Crippen molar-refractivity contribution in [3.63, 3.8) is 0 Å². The number of aliphatic hydroxyl groups is 1. The number of halogens is 1. The molecule has 0 heterocycles. The second-order valence-corrected chi connectivity index (χ2v) is 5.14. The van der Waals surface area contributed by atoms with E-state index >= 15 is 0 Å². The van der Waals surface area contributed by atoms with Crippen LogP contribution in [0, 0.1) is 0 Å². The molecular formula is C9H11ClO4S. The molecule has 1 aromatic rings. The van der Waals surface area contributed by atoms with Gasteiger partial charge in [-0.15, -0.1) is 0 Å². The monoisotopic (exact) mass is 250 g/mol. The molecule has 1 N–H and O–H groups in total. The van der Waals surface area contributed by atoms with Gasteiger partial charge in [-0.2, -0.15) is 8.42 Å². The summed E-state index contributed by atoms with van der Waals surface area (Å²) in [5.74, 6) is 0. The molecule has 0 radical (unpaired) electrons. The molecule has 0 aliphatic rings. The molecule has 0 fully saturated rings. The fraction of sp³-hybridized carbons (Fsp3) is 0.333. The van der Waals surface area contributed by atoms with Crippen LogP contribution in [0.3, 0.4) is 0 Å². The lowest BCUT2D eigenvalue weighted by atomic mass is 10.1. The summed E-state index contributed by atoms with van der Waals surface area (Å²) in [5, 5.41) is 10.0. The van der Waals surface area contributed by atoms with Crippen LogP contribution in [0.4, 0.5) is 0 Å². The third-order valence-electron chi connectivity index (χ3n) is 1.67. The molecule has 0 spiro atoms. The lowest BCUT2D eigenvalue weighted by molar-refractivity contribution is 0.112. The SMILES string of the molecule is CS(=O)(=O)OC[C@@H](O)c1cccc(Cl)c1. The first-order chi connectivity index (χ1) is 6.88. The molecule has 1 rings (SSSR count). The van der Waals surface area contributed by atoms with Crippen molar-refractivity contribution in [1.29, 1.82) is 0 Å². The van der Waals surface area contributed by atoms with Crippen molar-refractivity contribution in [2.24, 2.45) is 0 Å². The van der Waals surface area contributed by atoms with Crippen LogP contribution in [0.5, 0.6) is 0 Å². The summed E-state index contributed by atoms with van der Waals surface area (Å²) in [5.41, 5.74) is 0.520. The lowest BCUT2D eigenvalue weighted by Crippen LogP contribution is -2.11. The molecule has 0 unspecified atom stereocenters. The first-order valence-corrected chi connectivity index (χ1v) is 6.36. The molecule has 0 saturated carbocycles. The van der Waals surface area contributed by atoms with Gasteiger partial charge >= 0.3 is 0 Å². The van der Waals surface area contributed by atoms with Crippen LogP contribution in [0.15, 0.2) is 24.3 Å². The Bertz CT molecular complexity index is 429. The van der Waals surface area contributed by atoms with Crippen molar-refractivity contribution in [1.82, 2.24) is 0 Å². The van der Waals surface area contributed by atoms with Gasteiger partial charge in [0.05, 0.1) is 12.9 Å². The van der Waals surface area contributed by atoms with E-state index in [4.69, 9.17) is 11.6 Å². The summed E-state index contributed by atoms with van der Waals surface area (Å²) in [6.45, 7) is -0.306.